The van der Waals surface area contributed by atoms with E-state index in [1.165, 1.54) is 0 Å². The molecule has 0 aromatic rings. The average molecular weight is 214 g/mol. The van der Waals surface area contributed by atoms with E-state index < -0.39 is 5.60 Å². The Hall–Kier alpha value is -0.770. The summed E-state index contributed by atoms with van der Waals surface area (Å²) in [4.78, 5) is 13.5. The minimum atomic E-state index is -0.400. The van der Waals surface area contributed by atoms with Crippen LogP contribution in [0.25, 0.3) is 0 Å². The fourth-order valence-electron chi connectivity index (χ4n) is 1.80. The van der Waals surface area contributed by atoms with Gasteiger partial charge in [0, 0.05) is 13.1 Å². The highest BCUT2D eigenvalue weighted by Crippen LogP contribution is 2.21. The lowest BCUT2D eigenvalue weighted by Crippen LogP contribution is -2.35. The van der Waals surface area contributed by atoms with Gasteiger partial charge in [0.2, 0.25) is 0 Å². The number of hydrogen-bond donors (Lipinski definition) is 1. The van der Waals surface area contributed by atoms with Gasteiger partial charge >= 0.3 is 6.09 Å². The molecule has 0 spiro atoms. The zero-order valence-electron chi connectivity index (χ0n) is 9.95. The number of rotatable bonds is 2. The number of carbonyl (C=O) groups excluding carboxylic acids is 1. The van der Waals surface area contributed by atoms with Crippen LogP contribution in [0.2, 0.25) is 0 Å². The van der Waals surface area contributed by atoms with Crippen molar-refractivity contribution in [1.29, 1.82) is 0 Å². The van der Waals surface area contributed by atoms with Crippen molar-refractivity contribution in [3.8, 4) is 0 Å². The number of nitrogens with two attached hydrogens (primary N) is 1. The van der Waals surface area contributed by atoms with Crippen LogP contribution in [0.15, 0.2) is 0 Å². The lowest BCUT2D eigenvalue weighted by molar-refractivity contribution is 0.0288. The minimum Gasteiger partial charge on any atom is -0.444 e. The summed E-state index contributed by atoms with van der Waals surface area (Å²) >= 11 is 0. The molecule has 1 amide bonds. The summed E-state index contributed by atoms with van der Waals surface area (Å²) in [6, 6.07) is 0. The molecule has 4 nitrogen and oxygen atoms in total. The van der Waals surface area contributed by atoms with Crippen molar-refractivity contribution < 1.29 is 9.53 Å². The van der Waals surface area contributed by atoms with Crippen molar-refractivity contribution in [2.45, 2.75) is 39.2 Å². The second-order valence-electron chi connectivity index (χ2n) is 5.16. The Morgan fingerprint density at radius 3 is 2.73 bits per heavy atom. The summed E-state index contributed by atoms with van der Waals surface area (Å²) in [5.74, 6) is 0.558. The first kappa shape index (κ1) is 12.3. The molecule has 1 atom stereocenters. The van der Waals surface area contributed by atoms with Crippen molar-refractivity contribution >= 4 is 6.09 Å². The smallest absolute Gasteiger partial charge is 0.410 e. The predicted molar refractivity (Wildman–Crippen MR) is 59.6 cm³/mol. The highest BCUT2D eigenvalue weighted by Gasteiger charge is 2.28. The number of amides is 1. The van der Waals surface area contributed by atoms with Gasteiger partial charge < -0.3 is 15.4 Å². The lowest BCUT2D eigenvalue weighted by Gasteiger charge is -2.24. The molecule has 1 aliphatic heterocycles. The molecular weight excluding hydrogens is 192 g/mol. The molecule has 15 heavy (non-hydrogen) atoms. The van der Waals surface area contributed by atoms with E-state index in [1.807, 2.05) is 20.8 Å². The second kappa shape index (κ2) is 4.84. The fraction of sp³-hybridized carbons (Fsp3) is 0.909. The predicted octanol–water partition coefficient (Wildman–Crippen LogP) is 1.59. The van der Waals surface area contributed by atoms with Crippen molar-refractivity contribution in [1.82, 2.24) is 4.90 Å². The summed E-state index contributed by atoms with van der Waals surface area (Å²) in [7, 11) is 0. The largest absolute Gasteiger partial charge is 0.444 e. The van der Waals surface area contributed by atoms with Crippen molar-refractivity contribution in [3.63, 3.8) is 0 Å². The maximum absolute atomic E-state index is 11.7. The molecule has 0 bridgehead atoms. The standard InChI is InChI=1S/C11H22N2O2/c1-11(2,3)15-10(14)13-7-5-9(8-13)4-6-12/h9H,4-8,12H2,1-3H3/t9-/m0/s1. The Labute approximate surface area is 91.8 Å². The van der Waals surface area contributed by atoms with E-state index >= 15 is 0 Å². The van der Waals surface area contributed by atoms with E-state index in [4.69, 9.17) is 10.5 Å². The van der Waals surface area contributed by atoms with Crippen molar-refractivity contribution in [3.05, 3.63) is 0 Å². The molecule has 0 aliphatic carbocycles. The molecule has 1 fully saturated rings. The molecule has 2 N–H and O–H groups in total. The SMILES string of the molecule is CC(C)(C)OC(=O)N1CC[C@H](CCN)C1. The Morgan fingerprint density at radius 1 is 1.53 bits per heavy atom. The minimum absolute atomic E-state index is 0.193. The van der Waals surface area contributed by atoms with Crippen LogP contribution >= 0.6 is 0 Å². The molecule has 0 unspecified atom stereocenters. The first-order chi connectivity index (χ1) is 6.92. The number of carbonyl (C=O) groups is 1. The van der Waals surface area contributed by atoms with Gasteiger partial charge in [-0.2, -0.15) is 0 Å². The third kappa shape index (κ3) is 4.08. The van der Waals surface area contributed by atoms with E-state index in [-0.39, 0.29) is 6.09 Å². The second-order valence-corrected chi connectivity index (χ2v) is 5.16. The highest BCUT2D eigenvalue weighted by atomic mass is 16.6. The van der Waals surface area contributed by atoms with Gasteiger partial charge in [0.25, 0.3) is 0 Å². The van der Waals surface area contributed by atoms with Crippen LogP contribution < -0.4 is 5.73 Å². The Kier molecular flexibility index (Phi) is 3.97. The zero-order chi connectivity index (χ0) is 11.5. The topological polar surface area (TPSA) is 55.6 Å². The molecule has 1 aliphatic rings. The molecule has 0 radical (unpaired) electrons. The van der Waals surface area contributed by atoms with Gasteiger partial charge in [-0.3, -0.25) is 0 Å². The van der Waals surface area contributed by atoms with E-state index in [0.29, 0.717) is 12.5 Å². The molecule has 0 aromatic heterocycles. The maximum atomic E-state index is 11.7. The fourth-order valence-corrected chi connectivity index (χ4v) is 1.80. The molecule has 4 heteroatoms. The van der Waals surface area contributed by atoms with E-state index in [2.05, 4.69) is 0 Å². The maximum Gasteiger partial charge on any atom is 0.410 e. The molecule has 0 saturated carbocycles. The first-order valence-electron chi connectivity index (χ1n) is 5.60. The van der Waals surface area contributed by atoms with Gasteiger partial charge in [0.05, 0.1) is 0 Å². The van der Waals surface area contributed by atoms with E-state index in [9.17, 15) is 4.79 Å². The first-order valence-corrected chi connectivity index (χ1v) is 5.60. The molecule has 1 rings (SSSR count). The average Bonchev–Trinajstić information content (AvgIpc) is 2.50. The summed E-state index contributed by atoms with van der Waals surface area (Å²) in [6.45, 7) is 7.97. The van der Waals surface area contributed by atoms with Crippen molar-refractivity contribution in [2.75, 3.05) is 19.6 Å². The van der Waals surface area contributed by atoms with E-state index in [0.717, 1.165) is 25.9 Å². The van der Waals surface area contributed by atoms with Gasteiger partial charge in [0.15, 0.2) is 0 Å². The quantitative estimate of drug-likeness (QED) is 0.759. The third-order valence-electron chi connectivity index (χ3n) is 2.51. The molecule has 1 saturated heterocycles. The van der Waals surface area contributed by atoms with Gasteiger partial charge in [-0.1, -0.05) is 0 Å². The summed E-state index contributed by atoms with van der Waals surface area (Å²) in [5, 5.41) is 0. The van der Waals surface area contributed by atoms with Gasteiger partial charge in [0.1, 0.15) is 5.60 Å². The molecule has 88 valence electrons. The Bertz CT molecular complexity index is 223. The number of nitrogens with zero attached hydrogens (tertiary/aromatic N) is 1. The number of likely N-dealkylation sites (tertiary alicyclic amines) is 1. The molecule has 1 heterocycles. The zero-order valence-corrected chi connectivity index (χ0v) is 9.95. The van der Waals surface area contributed by atoms with Gasteiger partial charge in [-0.25, -0.2) is 4.79 Å². The van der Waals surface area contributed by atoms with Crippen LogP contribution in [0.5, 0.6) is 0 Å². The normalized spacial score (nSPS) is 21.9. The van der Waals surface area contributed by atoms with Crippen LogP contribution in [0.4, 0.5) is 4.79 Å². The number of ether oxygens (including phenoxy) is 1. The molecular formula is C11H22N2O2. The van der Waals surface area contributed by atoms with Crippen LogP contribution in [0.3, 0.4) is 0 Å². The van der Waals surface area contributed by atoms with Crippen molar-refractivity contribution in [2.24, 2.45) is 11.7 Å². The van der Waals surface area contributed by atoms with E-state index in [1.54, 1.807) is 4.90 Å². The van der Waals surface area contributed by atoms with Gasteiger partial charge in [-0.15, -0.1) is 0 Å². The van der Waals surface area contributed by atoms with Crippen LogP contribution in [0.1, 0.15) is 33.6 Å². The monoisotopic (exact) mass is 214 g/mol. The lowest BCUT2D eigenvalue weighted by atomic mass is 10.1. The summed E-state index contributed by atoms with van der Waals surface area (Å²) in [6.07, 6.45) is 1.86. The van der Waals surface area contributed by atoms with Crippen LogP contribution in [-0.2, 0) is 4.74 Å². The molecule has 0 aromatic carbocycles. The Balaban J connectivity index is 2.37. The van der Waals surface area contributed by atoms with Crippen LogP contribution in [0, 0.1) is 5.92 Å². The van der Waals surface area contributed by atoms with Gasteiger partial charge in [-0.05, 0) is 46.1 Å². The van der Waals surface area contributed by atoms with Crippen LogP contribution in [-0.4, -0.2) is 36.2 Å². The third-order valence-corrected chi connectivity index (χ3v) is 2.51. The summed E-state index contributed by atoms with van der Waals surface area (Å²) < 4.78 is 5.30. The Morgan fingerprint density at radius 2 is 2.20 bits per heavy atom. The highest BCUT2D eigenvalue weighted by molar-refractivity contribution is 5.68. The summed E-state index contributed by atoms with van der Waals surface area (Å²) in [5.41, 5.74) is 5.10. The number of hydrogen-bond acceptors (Lipinski definition) is 3.